The first kappa shape index (κ1) is 16.7. The second-order valence-electron chi connectivity index (χ2n) is 4.48. The maximum atomic E-state index is 13.0. The van der Waals surface area contributed by atoms with Gasteiger partial charge in [-0.05, 0) is 18.2 Å². The van der Waals surface area contributed by atoms with Crippen molar-refractivity contribution >= 4 is 17.4 Å². The lowest BCUT2D eigenvalue weighted by atomic mass is 10.1. The van der Waals surface area contributed by atoms with Gasteiger partial charge in [0.2, 0.25) is 0 Å². The molecule has 3 N–H and O–H groups in total. The van der Waals surface area contributed by atoms with E-state index in [1.54, 1.807) is 0 Å². The quantitative estimate of drug-likeness (QED) is 0.753. The third-order valence-corrected chi connectivity index (χ3v) is 2.76. The van der Waals surface area contributed by atoms with E-state index >= 15 is 0 Å². The molecule has 0 radical (unpaired) electrons. The van der Waals surface area contributed by atoms with E-state index in [4.69, 9.17) is 5.11 Å². The first-order valence-corrected chi connectivity index (χ1v) is 6.37. The van der Waals surface area contributed by atoms with Crippen molar-refractivity contribution in [2.45, 2.75) is 12.7 Å². The van der Waals surface area contributed by atoms with Gasteiger partial charge in [-0.15, -0.1) is 0 Å². The molecule has 124 valence electrons. The summed E-state index contributed by atoms with van der Waals surface area (Å²) in [6.07, 6.45) is -2.15. The molecule has 0 spiro atoms. The summed E-state index contributed by atoms with van der Waals surface area (Å²) in [7, 11) is 0. The van der Waals surface area contributed by atoms with Crippen LogP contribution in [0, 0.1) is 5.82 Å². The molecule has 6 nitrogen and oxygen atoms in total. The molecule has 2 amide bonds. The van der Waals surface area contributed by atoms with E-state index in [0.717, 1.165) is 12.1 Å². The van der Waals surface area contributed by atoms with Gasteiger partial charge in [0.05, 0.1) is 36.3 Å². The lowest BCUT2D eigenvalue weighted by Crippen LogP contribution is -2.21. The molecule has 0 aliphatic rings. The van der Waals surface area contributed by atoms with E-state index < -0.39 is 29.3 Å². The van der Waals surface area contributed by atoms with Crippen molar-refractivity contribution in [3.63, 3.8) is 0 Å². The molecule has 0 bridgehead atoms. The van der Waals surface area contributed by atoms with Gasteiger partial charge in [-0.1, -0.05) is 0 Å². The molecule has 2 rings (SSSR count). The van der Waals surface area contributed by atoms with Crippen molar-refractivity contribution in [1.29, 1.82) is 0 Å². The molecule has 1 aromatic heterocycles. The molecular formula is C13H12F4N4O2. The zero-order chi connectivity index (χ0) is 17.0. The Labute approximate surface area is 127 Å². The fourth-order valence-corrected chi connectivity index (χ4v) is 1.80. The summed E-state index contributed by atoms with van der Waals surface area (Å²) in [6, 6.07) is 0.997. The lowest BCUT2D eigenvalue weighted by molar-refractivity contribution is -0.137. The summed E-state index contributed by atoms with van der Waals surface area (Å²) in [4.78, 5) is 11.7. The number of urea groups is 1. The predicted octanol–water partition coefficient (Wildman–Crippen LogP) is 2.68. The van der Waals surface area contributed by atoms with E-state index in [1.807, 2.05) is 5.32 Å². The largest absolute Gasteiger partial charge is 0.418 e. The average molecular weight is 332 g/mol. The van der Waals surface area contributed by atoms with Crippen LogP contribution in [0.3, 0.4) is 0 Å². The Morgan fingerprint density at radius 1 is 1.30 bits per heavy atom. The van der Waals surface area contributed by atoms with Crippen LogP contribution < -0.4 is 10.6 Å². The van der Waals surface area contributed by atoms with E-state index in [-0.39, 0.29) is 18.8 Å². The number of hydrogen-bond acceptors (Lipinski definition) is 3. The molecule has 23 heavy (non-hydrogen) atoms. The topological polar surface area (TPSA) is 79.2 Å². The minimum Gasteiger partial charge on any atom is -0.394 e. The summed E-state index contributed by atoms with van der Waals surface area (Å²) < 4.78 is 52.8. The molecule has 1 heterocycles. The van der Waals surface area contributed by atoms with Crippen molar-refractivity contribution in [3.8, 4) is 0 Å². The smallest absolute Gasteiger partial charge is 0.394 e. The van der Waals surface area contributed by atoms with Gasteiger partial charge in [0.1, 0.15) is 5.82 Å². The highest BCUT2D eigenvalue weighted by atomic mass is 19.4. The van der Waals surface area contributed by atoms with Gasteiger partial charge < -0.3 is 15.7 Å². The van der Waals surface area contributed by atoms with E-state index in [2.05, 4.69) is 10.4 Å². The fraction of sp³-hybridized carbons (Fsp3) is 0.231. The number of alkyl halides is 3. The lowest BCUT2D eigenvalue weighted by Gasteiger charge is -2.14. The zero-order valence-electron chi connectivity index (χ0n) is 11.6. The van der Waals surface area contributed by atoms with Gasteiger partial charge in [-0.2, -0.15) is 18.3 Å². The van der Waals surface area contributed by atoms with Gasteiger partial charge in [0, 0.05) is 6.20 Å². The third-order valence-electron chi connectivity index (χ3n) is 2.76. The van der Waals surface area contributed by atoms with Crippen molar-refractivity contribution < 1.29 is 27.5 Å². The summed E-state index contributed by atoms with van der Waals surface area (Å²) >= 11 is 0. The fourth-order valence-electron chi connectivity index (χ4n) is 1.80. The van der Waals surface area contributed by atoms with Crippen LogP contribution in [0.15, 0.2) is 30.6 Å². The van der Waals surface area contributed by atoms with Crippen molar-refractivity contribution in [1.82, 2.24) is 9.78 Å². The zero-order valence-corrected chi connectivity index (χ0v) is 11.6. The number of rotatable bonds is 4. The number of benzene rings is 1. The molecular weight excluding hydrogens is 320 g/mol. The number of amides is 2. The number of nitrogens with one attached hydrogen (secondary N) is 2. The number of aliphatic hydroxyl groups excluding tert-OH is 1. The Morgan fingerprint density at radius 3 is 2.70 bits per heavy atom. The van der Waals surface area contributed by atoms with Gasteiger partial charge in [0.25, 0.3) is 0 Å². The Balaban J connectivity index is 2.10. The number of nitrogens with zero attached hydrogens (tertiary/aromatic N) is 2. The maximum absolute atomic E-state index is 13.0. The molecule has 2 aromatic rings. The van der Waals surface area contributed by atoms with Gasteiger partial charge in [-0.3, -0.25) is 4.68 Å². The predicted molar refractivity (Wildman–Crippen MR) is 73.4 cm³/mol. The van der Waals surface area contributed by atoms with Crippen LogP contribution in [-0.4, -0.2) is 27.5 Å². The number of anilines is 2. The van der Waals surface area contributed by atoms with Crippen LogP contribution in [0.25, 0.3) is 0 Å². The number of aliphatic hydroxyl groups is 1. The maximum Gasteiger partial charge on any atom is 0.418 e. The molecule has 10 heteroatoms. The summed E-state index contributed by atoms with van der Waals surface area (Å²) in [5.74, 6) is -1.06. The number of hydrogen-bond donors (Lipinski definition) is 3. The van der Waals surface area contributed by atoms with Crippen LogP contribution in [0.5, 0.6) is 0 Å². The Kier molecular flexibility index (Phi) is 4.84. The average Bonchev–Trinajstić information content (AvgIpc) is 2.87. The first-order chi connectivity index (χ1) is 10.8. The monoisotopic (exact) mass is 332 g/mol. The van der Waals surface area contributed by atoms with E-state index in [1.165, 1.54) is 17.1 Å². The highest BCUT2D eigenvalue weighted by Gasteiger charge is 2.34. The Morgan fingerprint density at radius 2 is 2.04 bits per heavy atom. The van der Waals surface area contributed by atoms with Crippen LogP contribution >= 0.6 is 0 Å². The molecule has 0 saturated carbocycles. The van der Waals surface area contributed by atoms with E-state index in [0.29, 0.717) is 6.07 Å². The molecule has 0 aliphatic heterocycles. The van der Waals surface area contributed by atoms with Crippen LogP contribution in [0.4, 0.5) is 33.7 Å². The molecule has 0 atom stereocenters. The highest BCUT2D eigenvalue weighted by Crippen LogP contribution is 2.35. The number of carbonyl (C=O) groups excluding carboxylic acids is 1. The summed E-state index contributed by atoms with van der Waals surface area (Å²) in [5.41, 5.74) is -1.63. The second-order valence-corrected chi connectivity index (χ2v) is 4.48. The Bertz CT molecular complexity index is 700. The summed E-state index contributed by atoms with van der Waals surface area (Å²) in [5, 5.41) is 16.9. The standard InChI is InChI=1S/C13H12F4N4O2/c14-8-1-2-11(10(5-8)13(15,16)17)20-12(23)19-9-6-18-21(7-9)3-4-22/h1-2,5-7,22H,3-4H2,(H2,19,20,23). The minimum absolute atomic E-state index is 0.155. The SMILES string of the molecule is O=C(Nc1cnn(CCO)c1)Nc1ccc(F)cc1C(F)(F)F. The molecule has 1 aromatic carbocycles. The van der Waals surface area contributed by atoms with Crippen LogP contribution in [0.1, 0.15) is 5.56 Å². The van der Waals surface area contributed by atoms with Crippen LogP contribution in [0.2, 0.25) is 0 Å². The van der Waals surface area contributed by atoms with E-state index in [9.17, 15) is 22.4 Å². The third kappa shape index (κ3) is 4.42. The van der Waals surface area contributed by atoms with Crippen molar-refractivity contribution in [2.75, 3.05) is 17.2 Å². The molecule has 0 unspecified atom stereocenters. The van der Waals surface area contributed by atoms with Crippen molar-refractivity contribution in [3.05, 3.63) is 42.0 Å². The van der Waals surface area contributed by atoms with Crippen molar-refractivity contribution in [2.24, 2.45) is 0 Å². The Hall–Kier alpha value is -2.62. The minimum atomic E-state index is -4.81. The second kappa shape index (κ2) is 6.65. The normalized spacial score (nSPS) is 11.3. The highest BCUT2D eigenvalue weighted by molar-refractivity contribution is 6.00. The number of halogens is 4. The summed E-state index contributed by atoms with van der Waals surface area (Å²) in [6.45, 7) is 0.0529. The molecule has 0 saturated heterocycles. The molecule has 0 aliphatic carbocycles. The van der Waals surface area contributed by atoms with Gasteiger partial charge in [-0.25, -0.2) is 9.18 Å². The number of aromatic nitrogens is 2. The van der Waals surface area contributed by atoms with Gasteiger partial charge >= 0.3 is 12.2 Å². The first-order valence-electron chi connectivity index (χ1n) is 6.37. The number of carbonyl (C=O) groups is 1. The van der Waals surface area contributed by atoms with Crippen LogP contribution in [-0.2, 0) is 12.7 Å². The van der Waals surface area contributed by atoms with Gasteiger partial charge in [0.15, 0.2) is 0 Å². The molecule has 0 fully saturated rings.